The highest BCUT2D eigenvalue weighted by atomic mass is 35.5. The van der Waals surface area contributed by atoms with Crippen LogP contribution < -0.4 is 5.73 Å². The number of anilines is 1. The van der Waals surface area contributed by atoms with Crippen molar-refractivity contribution in [1.82, 2.24) is 20.2 Å². The summed E-state index contributed by atoms with van der Waals surface area (Å²) in [7, 11) is 0. The average molecular weight is 246 g/mol. The predicted molar refractivity (Wildman–Crippen MR) is 55.5 cm³/mol. The van der Waals surface area contributed by atoms with Crippen LogP contribution in [0, 0.1) is 0 Å². The van der Waals surface area contributed by atoms with Crippen LogP contribution in [-0.4, -0.2) is 20.2 Å². The highest BCUT2D eigenvalue weighted by molar-refractivity contribution is 8.01. The molecule has 0 spiro atoms. The van der Waals surface area contributed by atoms with Gasteiger partial charge in [0.25, 0.3) is 0 Å². The zero-order chi connectivity index (χ0) is 9.97. The molecule has 0 saturated heterocycles. The van der Waals surface area contributed by atoms with Gasteiger partial charge in [-0.15, -0.1) is 10.2 Å². The van der Waals surface area contributed by atoms with Gasteiger partial charge in [0, 0.05) is 0 Å². The first-order chi connectivity index (χ1) is 6.75. The number of hydrogen-bond acceptors (Lipinski definition) is 7. The molecule has 0 aliphatic heterocycles. The van der Waals surface area contributed by atoms with E-state index in [4.69, 9.17) is 17.3 Å². The Morgan fingerprint density at radius 1 is 1.50 bits per heavy atom. The normalized spacial score (nSPS) is 10.4. The molecule has 0 amide bonds. The maximum absolute atomic E-state index is 5.66. The van der Waals surface area contributed by atoms with Crippen molar-refractivity contribution >= 4 is 40.4 Å². The lowest BCUT2D eigenvalue weighted by Gasteiger charge is -2.00. The second-order valence-electron chi connectivity index (χ2n) is 2.21. The molecule has 0 unspecified atom stereocenters. The first-order valence-corrected chi connectivity index (χ1v) is 5.55. The minimum absolute atomic E-state index is 0.172. The van der Waals surface area contributed by atoms with Crippen molar-refractivity contribution in [3.63, 3.8) is 0 Å². The molecular weight excluding hydrogens is 242 g/mol. The molecule has 8 heteroatoms. The van der Waals surface area contributed by atoms with Crippen molar-refractivity contribution in [2.75, 3.05) is 5.73 Å². The Morgan fingerprint density at radius 3 is 3.07 bits per heavy atom. The summed E-state index contributed by atoms with van der Waals surface area (Å²) in [4.78, 5) is 7.73. The highest BCUT2D eigenvalue weighted by Gasteiger charge is 2.07. The zero-order valence-corrected chi connectivity index (χ0v) is 9.10. The summed E-state index contributed by atoms with van der Waals surface area (Å²) < 4.78 is 0.770. The Labute approximate surface area is 92.7 Å². The minimum atomic E-state index is 0.172. The fraction of sp³-hybridized carbons (Fsp3) is 0. The molecule has 72 valence electrons. The van der Waals surface area contributed by atoms with Gasteiger partial charge in [0.1, 0.15) is 10.5 Å². The average Bonchev–Trinajstić information content (AvgIpc) is 2.64. The van der Waals surface area contributed by atoms with Gasteiger partial charge < -0.3 is 5.73 Å². The second-order valence-corrected chi connectivity index (χ2v) is 4.61. The monoisotopic (exact) mass is 245 g/mol. The summed E-state index contributed by atoms with van der Waals surface area (Å²) in [5.74, 6) is 0. The fourth-order valence-electron chi connectivity index (χ4n) is 0.727. The number of nitrogen functional groups attached to an aromatic ring is 1. The van der Waals surface area contributed by atoms with E-state index in [1.807, 2.05) is 0 Å². The fourth-order valence-corrected chi connectivity index (χ4v) is 2.30. The third-order valence-corrected chi connectivity index (χ3v) is 3.26. The zero-order valence-electron chi connectivity index (χ0n) is 6.72. The summed E-state index contributed by atoms with van der Waals surface area (Å²) in [6, 6.07) is 0. The van der Waals surface area contributed by atoms with Gasteiger partial charge in [-0.1, -0.05) is 11.3 Å². The van der Waals surface area contributed by atoms with E-state index < -0.39 is 0 Å². The molecule has 0 aliphatic carbocycles. The smallest absolute Gasteiger partial charge is 0.223 e. The van der Waals surface area contributed by atoms with Crippen LogP contribution in [0.2, 0.25) is 5.28 Å². The van der Waals surface area contributed by atoms with Gasteiger partial charge in [0.05, 0.1) is 11.9 Å². The Hall–Kier alpha value is -0.920. The largest absolute Gasteiger partial charge is 0.395 e. The quantitative estimate of drug-likeness (QED) is 0.641. The molecule has 0 bridgehead atoms. The SMILES string of the molecule is Nc1cnc(Cl)nc1Sc1nncs1. The lowest BCUT2D eigenvalue weighted by atomic mass is 10.6. The van der Waals surface area contributed by atoms with Crippen molar-refractivity contribution in [3.05, 3.63) is 17.0 Å². The molecule has 2 heterocycles. The summed E-state index contributed by atoms with van der Waals surface area (Å²) in [6.07, 6.45) is 1.47. The van der Waals surface area contributed by atoms with Crippen LogP contribution in [0.4, 0.5) is 5.69 Å². The second kappa shape index (κ2) is 4.07. The van der Waals surface area contributed by atoms with Gasteiger partial charge in [0.15, 0.2) is 4.34 Å². The van der Waals surface area contributed by atoms with Crippen LogP contribution in [0.15, 0.2) is 21.1 Å². The Morgan fingerprint density at radius 2 is 2.36 bits per heavy atom. The van der Waals surface area contributed by atoms with E-state index in [-0.39, 0.29) is 5.28 Å². The molecule has 2 aromatic heterocycles. The van der Waals surface area contributed by atoms with Crippen LogP contribution in [-0.2, 0) is 0 Å². The van der Waals surface area contributed by atoms with Crippen LogP contribution in [0.5, 0.6) is 0 Å². The Bertz CT molecular complexity index is 432. The van der Waals surface area contributed by atoms with Crippen LogP contribution >= 0.6 is 34.7 Å². The van der Waals surface area contributed by atoms with Gasteiger partial charge in [-0.2, -0.15) is 0 Å². The third-order valence-electron chi connectivity index (χ3n) is 1.27. The molecule has 2 rings (SSSR count). The lowest BCUT2D eigenvalue weighted by Crippen LogP contribution is -1.94. The lowest BCUT2D eigenvalue weighted by molar-refractivity contribution is 1.00. The summed E-state index contributed by atoms with van der Waals surface area (Å²) >= 11 is 8.37. The van der Waals surface area contributed by atoms with Crippen LogP contribution in [0.1, 0.15) is 0 Å². The van der Waals surface area contributed by atoms with Crippen molar-refractivity contribution in [2.45, 2.75) is 9.37 Å². The molecule has 0 radical (unpaired) electrons. The molecule has 0 saturated carbocycles. The van der Waals surface area contributed by atoms with Crippen LogP contribution in [0.25, 0.3) is 0 Å². The molecule has 0 aliphatic rings. The van der Waals surface area contributed by atoms with E-state index in [2.05, 4.69) is 20.2 Å². The van der Waals surface area contributed by atoms with E-state index in [0.717, 1.165) is 4.34 Å². The molecule has 2 N–H and O–H groups in total. The number of hydrogen-bond donors (Lipinski definition) is 1. The number of rotatable bonds is 2. The molecule has 5 nitrogen and oxygen atoms in total. The van der Waals surface area contributed by atoms with Crippen LogP contribution in [0.3, 0.4) is 0 Å². The molecule has 0 aromatic carbocycles. The third kappa shape index (κ3) is 2.11. The summed E-state index contributed by atoms with van der Waals surface area (Å²) in [6.45, 7) is 0. The first kappa shape index (κ1) is 9.63. The topological polar surface area (TPSA) is 77.6 Å². The maximum atomic E-state index is 5.66. The summed E-state index contributed by atoms with van der Waals surface area (Å²) in [5, 5.41) is 8.33. The van der Waals surface area contributed by atoms with Crippen molar-refractivity contribution in [3.8, 4) is 0 Å². The van der Waals surface area contributed by atoms with Gasteiger partial charge >= 0.3 is 0 Å². The molecule has 0 atom stereocenters. The van der Waals surface area contributed by atoms with E-state index in [1.54, 1.807) is 5.51 Å². The molecule has 2 aromatic rings. The summed E-state index contributed by atoms with van der Waals surface area (Å²) in [5.41, 5.74) is 7.78. The highest BCUT2D eigenvalue weighted by Crippen LogP contribution is 2.30. The van der Waals surface area contributed by atoms with Gasteiger partial charge in [-0.25, -0.2) is 9.97 Å². The number of aromatic nitrogens is 4. The van der Waals surface area contributed by atoms with Crippen molar-refractivity contribution in [2.24, 2.45) is 0 Å². The van der Waals surface area contributed by atoms with Gasteiger partial charge in [0.2, 0.25) is 5.28 Å². The van der Waals surface area contributed by atoms with E-state index in [1.165, 1.54) is 29.3 Å². The van der Waals surface area contributed by atoms with Gasteiger partial charge in [-0.3, -0.25) is 0 Å². The van der Waals surface area contributed by atoms with Crippen molar-refractivity contribution < 1.29 is 0 Å². The van der Waals surface area contributed by atoms with Crippen molar-refractivity contribution in [1.29, 1.82) is 0 Å². The number of halogens is 1. The predicted octanol–water partition coefficient (Wildman–Crippen LogP) is 1.71. The number of nitrogens with zero attached hydrogens (tertiary/aromatic N) is 4. The van der Waals surface area contributed by atoms with E-state index >= 15 is 0 Å². The van der Waals surface area contributed by atoms with Gasteiger partial charge in [-0.05, 0) is 23.4 Å². The Balaban J connectivity index is 2.28. The molecule has 0 fully saturated rings. The van der Waals surface area contributed by atoms with E-state index in [0.29, 0.717) is 10.7 Å². The minimum Gasteiger partial charge on any atom is -0.395 e. The maximum Gasteiger partial charge on any atom is 0.223 e. The molecule has 14 heavy (non-hydrogen) atoms. The Kier molecular flexibility index (Phi) is 2.80. The standard InChI is InChI=1S/C6H4ClN5S2/c7-5-9-1-3(8)4(11-5)14-6-12-10-2-13-6/h1-2H,8H2. The van der Waals surface area contributed by atoms with E-state index in [9.17, 15) is 0 Å². The number of nitrogens with two attached hydrogens (primary N) is 1. The first-order valence-electron chi connectivity index (χ1n) is 3.48. The molecular formula is C6H4ClN5S2.